The summed E-state index contributed by atoms with van der Waals surface area (Å²) < 4.78 is 7.42. The van der Waals surface area contributed by atoms with Crippen molar-refractivity contribution in [3.05, 3.63) is 70.9 Å². The molecule has 5 rings (SSSR count). The van der Waals surface area contributed by atoms with Crippen molar-refractivity contribution < 1.29 is 14.6 Å². The zero-order valence-corrected chi connectivity index (χ0v) is 20.4. The van der Waals surface area contributed by atoms with Crippen LogP contribution in [0.1, 0.15) is 50.8 Å². The number of ether oxygens (including phenoxy) is 1. The van der Waals surface area contributed by atoms with E-state index in [1.54, 1.807) is 28.6 Å². The summed E-state index contributed by atoms with van der Waals surface area (Å²) in [6.07, 6.45) is 1.22. The van der Waals surface area contributed by atoms with Gasteiger partial charge in [0, 0.05) is 23.4 Å². The van der Waals surface area contributed by atoms with E-state index in [1.165, 1.54) is 5.56 Å². The van der Waals surface area contributed by atoms with Crippen molar-refractivity contribution in [1.82, 2.24) is 14.8 Å². The monoisotopic (exact) mass is 476 g/mol. The van der Waals surface area contributed by atoms with Crippen LogP contribution in [0.15, 0.2) is 65.0 Å². The topological polar surface area (TPSA) is 89.3 Å². The number of benzene rings is 2. The molecule has 7 nitrogen and oxygen atoms in total. The van der Waals surface area contributed by atoms with E-state index in [1.807, 2.05) is 31.2 Å². The maximum absolute atomic E-state index is 13.4. The van der Waals surface area contributed by atoms with E-state index in [0.717, 1.165) is 23.4 Å². The second kappa shape index (κ2) is 8.83. The molecule has 0 bridgehead atoms. The van der Waals surface area contributed by atoms with Gasteiger partial charge in [0.05, 0.1) is 6.61 Å². The molecule has 2 aliphatic rings. The highest BCUT2D eigenvalue weighted by molar-refractivity contribution is 7.98. The minimum absolute atomic E-state index is 0.0720. The third kappa shape index (κ3) is 4.30. The van der Waals surface area contributed by atoms with Crippen LogP contribution in [0.2, 0.25) is 0 Å². The predicted octanol–water partition coefficient (Wildman–Crippen LogP) is 5.33. The maximum atomic E-state index is 13.4. The Morgan fingerprint density at radius 3 is 2.76 bits per heavy atom. The van der Waals surface area contributed by atoms with E-state index >= 15 is 0 Å². The number of phenols is 1. The Balaban J connectivity index is 1.56. The van der Waals surface area contributed by atoms with E-state index in [9.17, 15) is 9.90 Å². The molecule has 0 spiro atoms. The fourth-order valence-corrected chi connectivity index (χ4v) is 5.44. The van der Waals surface area contributed by atoms with Crippen LogP contribution in [0, 0.1) is 5.41 Å². The molecule has 0 amide bonds. The lowest BCUT2D eigenvalue weighted by atomic mass is 9.73. The quantitative estimate of drug-likeness (QED) is 0.465. The van der Waals surface area contributed by atoms with E-state index in [2.05, 4.69) is 31.3 Å². The molecule has 0 fully saturated rings. The number of nitrogens with one attached hydrogen (secondary N) is 1. The third-order valence-corrected chi connectivity index (χ3v) is 7.03. The number of rotatable bonds is 6. The van der Waals surface area contributed by atoms with Crippen LogP contribution in [-0.4, -0.2) is 32.3 Å². The van der Waals surface area contributed by atoms with Crippen LogP contribution in [0.5, 0.6) is 11.5 Å². The lowest BCUT2D eigenvalue weighted by Gasteiger charge is -2.38. The summed E-state index contributed by atoms with van der Waals surface area (Å²) in [5, 5.41) is 19.1. The van der Waals surface area contributed by atoms with E-state index < -0.39 is 6.04 Å². The number of thioether (sulfide) groups is 1. The maximum Gasteiger partial charge on any atom is 0.227 e. The Labute approximate surface area is 203 Å². The van der Waals surface area contributed by atoms with Gasteiger partial charge in [-0.2, -0.15) is 4.98 Å². The van der Waals surface area contributed by atoms with Crippen molar-refractivity contribution in [3.8, 4) is 11.5 Å². The second-order valence-corrected chi connectivity index (χ2v) is 10.4. The van der Waals surface area contributed by atoms with Crippen molar-refractivity contribution >= 4 is 23.5 Å². The molecule has 0 saturated carbocycles. The lowest BCUT2D eigenvalue weighted by molar-refractivity contribution is -0.118. The van der Waals surface area contributed by atoms with E-state index in [4.69, 9.17) is 14.8 Å². The predicted molar refractivity (Wildman–Crippen MR) is 132 cm³/mol. The highest BCUT2D eigenvalue weighted by Crippen LogP contribution is 2.46. The lowest BCUT2D eigenvalue weighted by Crippen LogP contribution is -2.36. The highest BCUT2D eigenvalue weighted by Gasteiger charge is 2.42. The van der Waals surface area contributed by atoms with Gasteiger partial charge < -0.3 is 15.2 Å². The molecule has 1 atom stereocenters. The number of anilines is 1. The number of nitrogens with zero attached hydrogens (tertiary/aromatic N) is 3. The largest absolute Gasteiger partial charge is 0.504 e. The van der Waals surface area contributed by atoms with Crippen molar-refractivity contribution in [1.29, 1.82) is 0 Å². The molecule has 1 aliphatic heterocycles. The van der Waals surface area contributed by atoms with E-state index in [-0.39, 0.29) is 16.9 Å². The number of phenolic OH excluding ortho intramolecular Hbond substituents is 1. The van der Waals surface area contributed by atoms with Gasteiger partial charge >= 0.3 is 0 Å². The van der Waals surface area contributed by atoms with Crippen molar-refractivity contribution in [3.63, 3.8) is 0 Å². The number of carbonyl (C=O) groups is 1. The van der Waals surface area contributed by atoms with Gasteiger partial charge in [-0.1, -0.05) is 62.0 Å². The fraction of sp³-hybridized carbons (Fsp3) is 0.346. The SMILES string of the molecule is CCOc1cc(C2C3=C(CC(C)(C)CC3=O)Nc3nc(SCc4ccccc4)nn32)ccc1O. The van der Waals surface area contributed by atoms with Gasteiger partial charge in [-0.25, -0.2) is 4.68 Å². The molecule has 176 valence electrons. The van der Waals surface area contributed by atoms with Crippen molar-refractivity contribution in [2.24, 2.45) is 5.41 Å². The Morgan fingerprint density at radius 1 is 1.21 bits per heavy atom. The zero-order chi connectivity index (χ0) is 23.9. The molecular weight excluding hydrogens is 448 g/mol. The van der Waals surface area contributed by atoms with Crippen LogP contribution in [0.4, 0.5) is 5.95 Å². The normalized spacial score (nSPS) is 18.8. The summed E-state index contributed by atoms with van der Waals surface area (Å²) >= 11 is 1.56. The van der Waals surface area contributed by atoms with Crippen LogP contribution < -0.4 is 10.1 Å². The molecule has 1 aliphatic carbocycles. The Kier molecular flexibility index (Phi) is 5.85. The minimum atomic E-state index is -0.437. The molecule has 2 heterocycles. The molecule has 34 heavy (non-hydrogen) atoms. The number of Topliss-reactive ketones (excluding diaryl/α,β-unsaturated/α-hetero) is 1. The number of aromatic nitrogens is 3. The number of carbonyl (C=O) groups excluding carboxylic acids is 1. The molecule has 1 unspecified atom stereocenters. The molecule has 0 radical (unpaired) electrons. The van der Waals surface area contributed by atoms with Gasteiger partial charge in [0.25, 0.3) is 0 Å². The van der Waals surface area contributed by atoms with Gasteiger partial charge in [0.1, 0.15) is 6.04 Å². The third-order valence-electron chi connectivity index (χ3n) is 6.12. The first-order valence-corrected chi connectivity index (χ1v) is 12.5. The first-order valence-electron chi connectivity index (χ1n) is 11.5. The van der Waals surface area contributed by atoms with Crippen LogP contribution >= 0.6 is 11.8 Å². The first-order chi connectivity index (χ1) is 16.3. The number of allylic oxidation sites excluding steroid dienone is 2. The Morgan fingerprint density at radius 2 is 2.00 bits per heavy atom. The fourth-order valence-electron chi connectivity index (χ4n) is 4.65. The van der Waals surface area contributed by atoms with Gasteiger partial charge in [-0.3, -0.25) is 4.79 Å². The summed E-state index contributed by atoms with van der Waals surface area (Å²) in [6.45, 7) is 6.52. The standard InChI is InChI=1S/C26H28N4O3S/c1-4-33-21-12-17(10-11-19(21)31)23-22-18(13-26(2,3)14-20(22)32)27-24-28-25(29-30(23)24)34-15-16-8-6-5-7-9-16/h5-12,23,31H,4,13-15H2,1-3H3,(H,27,28,29). The minimum Gasteiger partial charge on any atom is -0.504 e. The van der Waals surface area contributed by atoms with Crippen LogP contribution in [-0.2, 0) is 10.5 Å². The average molecular weight is 477 g/mol. The number of fused-ring (bicyclic) bond motifs is 1. The number of aromatic hydroxyl groups is 1. The Bertz CT molecular complexity index is 1270. The number of ketones is 1. The second-order valence-electron chi connectivity index (χ2n) is 9.46. The summed E-state index contributed by atoms with van der Waals surface area (Å²) in [7, 11) is 0. The molecule has 2 aromatic carbocycles. The average Bonchev–Trinajstić information content (AvgIpc) is 3.20. The summed E-state index contributed by atoms with van der Waals surface area (Å²) in [4.78, 5) is 18.1. The van der Waals surface area contributed by atoms with Crippen molar-refractivity contribution in [2.75, 3.05) is 11.9 Å². The van der Waals surface area contributed by atoms with Gasteiger partial charge in [0.15, 0.2) is 17.3 Å². The summed E-state index contributed by atoms with van der Waals surface area (Å²) in [5.74, 6) is 1.94. The van der Waals surface area contributed by atoms with Gasteiger partial charge in [0.2, 0.25) is 11.1 Å². The first kappa shape index (κ1) is 22.5. The molecular formula is C26H28N4O3S. The molecule has 0 saturated heterocycles. The van der Waals surface area contributed by atoms with Gasteiger partial charge in [-0.15, -0.1) is 5.10 Å². The summed E-state index contributed by atoms with van der Waals surface area (Å²) in [6, 6.07) is 15.0. The Hall–Kier alpha value is -3.26. The highest BCUT2D eigenvalue weighted by atomic mass is 32.2. The molecule has 1 aromatic heterocycles. The van der Waals surface area contributed by atoms with Crippen LogP contribution in [0.3, 0.4) is 0 Å². The molecule has 8 heteroatoms. The molecule has 3 aromatic rings. The van der Waals surface area contributed by atoms with Gasteiger partial charge in [-0.05, 0) is 42.0 Å². The zero-order valence-electron chi connectivity index (χ0n) is 19.5. The smallest absolute Gasteiger partial charge is 0.227 e. The molecule has 2 N–H and O–H groups in total. The van der Waals surface area contributed by atoms with Crippen molar-refractivity contribution in [2.45, 2.75) is 50.6 Å². The van der Waals surface area contributed by atoms with E-state index in [0.29, 0.717) is 35.5 Å². The number of hydrogen-bond acceptors (Lipinski definition) is 7. The summed E-state index contributed by atoms with van der Waals surface area (Å²) in [5.41, 5.74) is 3.50. The number of hydrogen-bond donors (Lipinski definition) is 2. The van der Waals surface area contributed by atoms with Crippen LogP contribution in [0.25, 0.3) is 0 Å².